The molecule has 0 spiro atoms. The zero-order valence-corrected chi connectivity index (χ0v) is 13.5. The van der Waals surface area contributed by atoms with Crippen LogP contribution in [0.4, 0.5) is 0 Å². The van der Waals surface area contributed by atoms with Crippen molar-refractivity contribution in [3.63, 3.8) is 0 Å². The highest BCUT2D eigenvalue weighted by Gasteiger charge is 2.34. The number of carbonyl (C=O) groups is 2. The van der Waals surface area contributed by atoms with Crippen LogP contribution in [0.1, 0.15) is 26.3 Å². The first-order chi connectivity index (χ1) is 10.4. The third-order valence-corrected chi connectivity index (χ3v) is 3.99. The van der Waals surface area contributed by atoms with E-state index in [1.54, 1.807) is 36.1 Å². The fourth-order valence-corrected chi connectivity index (χ4v) is 2.82. The highest BCUT2D eigenvalue weighted by Crippen LogP contribution is 2.19. The molecule has 5 nitrogen and oxygen atoms in total. The smallest absolute Gasteiger partial charge is 0.245 e. The predicted octanol–water partition coefficient (Wildman–Crippen LogP) is 1.65. The van der Waals surface area contributed by atoms with Crippen LogP contribution in [0.2, 0.25) is 0 Å². The Morgan fingerprint density at radius 2 is 2.00 bits per heavy atom. The molecule has 2 amide bonds. The molecule has 0 aliphatic carbocycles. The van der Waals surface area contributed by atoms with E-state index in [0.717, 1.165) is 6.54 Å². The summed E-state index contributed by atoms with van der Waals surface area (Å²) in [5.74, 6) is 0.421. The Balaban J connectivity index is 2.03. The fourth-order valence-electron chi connectivity index (χ4n) is 2.82. The second kappa shape index (κ2) is 6.81. The van der Waals surface area contributed by atoms with Gasteiger partial charge in [0.05, 0.1) is 6.42 Å². The summed E-state index contributed by atoms with van der Waals surface area (Å²) in [7, 11) is 0. The minimum absolute atomic E-state index is 0.00517. The molecule has 1 atom stereocenters. The number of phenolic OH excluding ortho intramolecular Hbond substituents is 1. The molecule has 0 bridgehead atoms. The van der Waals surface area contributed by atoms with Crippen LogP contribution < -0.4 is 0 Å². The van der Waals surface area contributed by atoms with Crippen molar-refractivity contribution in [3.05, 3.63) is 29.8 Å². The van der Waals surface area contributed by atoms with Gasteiger partial charge in [0, 0.05) is 25.2 Å². The maximum absolute atomic E-state index is 12.4. The van der Waals surface area contributed by atoms with Gasteiger partial charge in [0.1, 0.15) is 11.8 Å². The second-order valence-corrected chi connectivity index (χ2v) is 6.25. The third-order valence-electron chi connectivity index (χ3n) is 3.99. The maximum Gasteiger partial charge on any atom is 0.245 e. The maximum atomic E-state index is 12.4. The molecule has 0 saturated carbocycles. The van der Waals surface area contributed by atoms with Crippen LogP contribution in [0, 0.1) is 5.92 Å². The second-order valence-electron chi connectivity index (χ2n) is 6.25. The summed E-state index contributed by atoms with van der Waals surface area (Å²) in [5.41, 5.74) is 0.594. The van der Waals surface area contributed by atoms with Gasteiger partial charge in [-0.2, -0.15) is 0 Å². The molecular weight excluding hydrogens is 280 g/mol. The number of hydrogen-bond acceptors (Lipinski definition) is 3. The van der Waals surface area contributed by atoms with E-state index in [9.17, 15) is 14.7 Å². The van der Waals surface area contributed by atoms with E-state index in [-0.39, 0.29) is 24.0 Å². The molecule has 0 aromatic heterocycles. The molecule has 1 N–H and O–H groups in total. The minimum Gasteiger partial charge on any atom is -0.508 e. The Bertz CT molecular complexity index is 557. The first kappa shape index (κ1) is 16.3. The molecule has 1 unspecified atom stereocenters. The zero-order chi connectivity index (χ0) is 16.3. The first-order valence-electron chi connectivity index (χ1n) is 7.75. The van der Waals surface area contributed by atoms with Gasteiger partial charge < -0.3 is 14.9 Å². The van der Waals surface area contributed by atoms with Crippen LogP contribution in [0.5, 0.6) is 5.75 Å². The van der Waals surface area contributed by atoms with Crippen molar-refractivity contribution in [2.24, 2.45) is 5.92 Å². The molecular formula is C17H24N2O3. The van der Waals surface area contributed by atoms with Crippen molar-refractivity contribution in [2.45, 2.75) is 33.2 Å². The van der Waals surface area contributed by atoms with Crippen LogP contribution >= 0.6 is 0 Å². The Kier molecular flexibility index (Phi) is 5.06. The average molecular weight is 304 g/mol. The fraction of sp³-hybridized carbons (Fsp3) is 0.529. The number of amides is 2. The number of carbonyl (C=O) groups excluding carboxylic acids is 2. The Labute approximate surface area is 131 Å². The summed E-state index contributed by atoms with van der Waals surface area (Å²) in [5, 5.41) is 9.77. The number of benzene rings is 1. The van der Waals surface area contributed by atoms with Crippen molar-refractivity contribution in [3.8, 4) is 5.75 Å². The average Bonchev–Trinajstić information content (AvgIpc) is 2.46. The van der Waals surface area contributed by atoms with Gasteiger partial charge in [0.25, 0.3) is 0 Å². The van der Waals surface area contributed by atoms with Gasteiger partial charge in [-0.05, 0) is 18.9 Å². The van der Waals surface area contributed by atoms with Gasteiger partial charge in [-0.15, -0.1) is 0 Å². The number of rotatable bonds is 4. The standard InChI is InChI=1S/C17H24N2O3/c1-12(2)11-18-8-9-19(13(3)17(18)22)16(21)10-14-6-4-5-7-15(14)20/h4-7,12-13,20H,8-11H2,1-3H3. The van der Waals surface area contributed by atoms with E-state index in [1.807, 2.05) is 4.90 Å². The SMILES string of the molecule is CC(C)CN1CCN(C(=O)Cc2ccccc2O)C(C)C1=O. The number of nitrogens with zero attached hydrogens (tertiary/aromatic N) is 2. The van der Waals surface area contributed by atoms with Gasteiger partial charge in [0.2, 0.25) is 11.8 Å². The van der Waals surface area contributed by atoms with Gasteiger partial charge in [-0.25, -0.2) is 0 Å². The minimum atomic E-state index is -0.439. The number of para-hydroxylation sites is 1. The van der Waals surface area contributed by atoms with Crippen molar-refractivity contribution in [2.75, 3.05) is 19.6 Å². The monoisotopic (exact) mass is 304 g/mol. The lowest BCUT2D eigenvalue weighted by atomic mass is 10.1. The highest BCUT2D eigenvalue weighted by molar-refractivity contribution is 5.89. The van der Waals surface area contributed by atoms with Crippen molar-refractivity contribution in [1.82, 2.24) is 9.80 Å². The third kappa shape index (κ3) is 3.59. The molecule has 22 heavy (non-hydrogen) atoms. The van der Waals surface area contributed by atoms with Gasteiger partial charge >= 0.3 is 0 Å². The molecule has 1 heterocycles. The summed E-state index contributed by atoms with van der Waals surface area (Å²) >= 11 is 0. The van der Waals surface area contributed by atoms with Crippen molar-refractivity contribution in [1.29, 1.82) is 0 Å². The molecule has 1 aliphatic rings. The van der Waals surface area contributed by atoms with E-state index in [0.29, 0.717) is 24.6 Å². The number of piperazine rings is 1. The Hall–Kier alpha value is -2.04. The largest absolute Gasteiger partial charge is 0.508 e. The van der Waals surface area contributed by atoms with E-state index in [1.165, 1.54) is 0 Å². The normalized spacial score (nSPS) is 18.9. The predicted molar refractivity (Wildman–Crippen MR) is 84.4 cm³/mol. The van der Waals surface area contributed by atoms with Gasteiger partial charge in [0.15, 0.2) is 0 Å². The lowest BCUT2D eigenvalue weighted by molar-refractivity contribution is -0.150. The summed E-state index contributed by atoms with van der Waals surface area (Å²) in [6.45, 7) is 7.78. The van der Waals surface area contributed by atoms with Crippen LogP contribution in [0.3, 0.4) is 0 Å². The summed E-state index contributed by atoms with van der Waals surface area (Å²) in [4.78, 5) is 28.3. The van der Waals surface area contributed by atoms with Crippen molar-refractivity contribution < 1.29 is 14.7 Å². The summed E-state index contributed by atoms with van der Waals surface area (Å²) in [6.07, 6.45) is 0.120. The van der Waals surface area contributed by atoms with Crippen molar-refractivity contribution >= 4 is 11.8 Å². The Morgan fingerprint density at radius 3 is 2.64 bits per heavy atom. The van der Waals surface area contributed by atoms with Gasteiger partial charge in [-0.1, -0.05) is 32.0 Å². The van der Waals surface area contributed by atoms with E-state index in [2.05, 4.69) is 13.8 Å². The lowest BCUT2D eigenvalue weighted by Gasteiger charge is -2.39. The van der Waals surface area contributed by atoms with Crippen LogP contribution in [0.15, 0.2) is 24.3 Å². The summed E-state index contributed by atoms with van der Waals surface area (Å²) in [6, 6.07) is 6.37. The van der Waals surface area contributed by atoms with E-state index in [4.69, 9.17) is 0 Å². The first-order valence-corrected chi connectivity index (χ1v) is 7.75. The summed E-state index contributed by atoms with van der Waals surface area (Å²) < 4.78 is 0. The molecule has 1 saturated heterocycles. The Morgan fingerprint density at radius 1 is 1.32 bits per heavy atom. The molecule has 2 rings (SSSR count). The molecule has 5 heteroatoms. The van der Waals surface area contributed by atoms with Crippen LogP contribution in [-0.2, 0) is 16.0 Å². The number of hydrogen-bond donors (Lipinski definition) is 1. The highest BCUT2D eigenvalue weighted by atomic mass is 16.3. The van der Waals surface area contributed by atoms with E-state index < -0.39 is 6.04 Å². The number of aromatic hydroxyl groups is 1. The molecule has 1 aromatic rings. The lowest BCUT2D eigenvalue weighted by Crippen LogP contribution is -2.58. The number of phenols is 1. The van der Waals surface area contributed by atoms with E-state index >= 15 is 0 Å². The molecule has 1 aliphatic heterocycles. The molecule has 120 valence electrons. The van der Waals surface area contributed by atoms with Gasteiger partial charge in [-0.3, -0.25) is 9.59 Å². The van der Waals surface area contributed by atoms with Crippen LogP contribution in [0.25, 0.3) is 0 Å². The molecule has 1 aromatic carbocycles. The zero-order valence-electron chi connectivity index (χ0n) is 13.5. The van der Waals surface area contributed by atoms with Crippen LogP contribution in [-0.4, -0.2) is 52.4 Å². The molecule has 1 fully saturated rings. The quantitative estimate of drug-likeness (QED) is 0.920. The molecule has 0 radical (unpaired) electrons. The topological polar surface area (TPSA) is 60.9 Å².